The number of rotatable bonds is 8. The van der Waals surface area contributed by atoms with Gasteiger partial charge in [0.1, 0.15) is 18.3 Å². The minimum atomic E-state index is -0.943. The van der Waals surface area contributed by atoms with Crippen molar-refractivity contribution in [3.8, 4) is 0 Å². The van der Waals surface area contributed by atoms with Gasteiger partial charge in [-0.2, -0.15) is 0 Å². The molecule has 0 fully saturated rings. The first kappa shape index (κ1) is 14.9. The molecule has 0 saturated carbocycles. The molecule has 100 valence electrons. The van der Waals surface area contributed by atoms with Crippen LogP contribution in [-0.2, 0) is 16.1 Å². The highest BCUT2D eigenvalue weighted by Gasteiger charge is 2.25. The van der Waals surface area contributed by atoms with Gasteiger partial charge in [0.15, 0.2) is 0 Å². The Morgan fingerprint density at radius 1 is 1.33 bits per heavy atom. The molecule has 2 N–H and O–H groups in total. The van der Waals surface area contributed by atoms with Gasteiger partial charge in [-0.05, 0) is 5.56 Å². The summed E-state index contributed by atoms with van der Waals surface area (Å²) in [7, 11) is 1.43. The predicted molar refractivity (Wildman–Crippen MR) is 69.1 cm³/mol. The maximum atomic E-state index is 9.97. The molecule has 1 aromatic carbocycles. The molecule has 0 unspecified atom stereocenters. The van der Waals surface area contributed by atoms with Crippen LogP contribution in [0.1, 0.15) is 5.56 Å². The van der Waals surface area contributed by atoms with E-state index in [1.165, 1.54) is 13.2 Å². The van der Waals surface area contributed by atoms with Gasteiger partial charge in [-0.15, -0.1) is 6.58 Å². The Balaban J connectivity index is 2.54. The number of ether oxygens (including phenoxy) is 2. The van der Waals surface area contributed by atoms with E-state index in [1.54, 1.807) is 0 Å². The van der Waals surface area contributed by atoms with Crippen molar-refractivity contribution in [2.45, 2.75) is 24.9 Å². The van der Waals surface area contributed by atoms with E-state index in [-0.39, 0.29) is 6.61 Å². The lowest BCUT2D eigenvalue weighted by atomic mass is 10.1. The topological polar surface area (TPSA) is 58.9 Å². The van der Waals surface area contributed by atoms with Gasteiger partial charge >= 0.3 is 0 Å². The largest absolute Gasteiger partial charge is 0.394 e. The zero-order valence-electron chi connectivity index (χ0n) is 10.5. The Hall–Kier alpha value is -1.20. The summed E-state index contributed by atoms with van der Waals surface area (Å²) in [6.45, 7) is 3.73. The van der Waals surface area contributed by atoms with Crippen LogP contribution in [0.25, 0.3) is 0 Å². The lowest BCUT2D eigenvalue weighted by Gasteiger charge is -2.25. The standard InChI is InChI=1S/C14H20O4/c1-3-12(14(16)13(9-15)17-2)18-10-11-7-5-4-6-8-11/h3-8,12-16H,1,9-10H2,2H3/t12-,13+,14+/m0/s1. The highest BCUT2D eigenvalue weighted by Crippen LogP contribution is 2.11. The van der Waals surface area contributed by atoms with Crippen LogP contribution in [-0.4, -0.2) is 42.2 Å². The van der Waals surface area contributed by atoms with Crippen LogP contribution in [0.3, 0.4) is 0 Å². The lowest BCUT2D eigenvalue weighted by Crippen LogP contribution is -2.41. The number of aliphatic hydroxyl groups is 2. The number of methoxy groups -OCH3 is 1. The smallest absolute Gasteiger partial charge is 0.112 e. The van der Waals surface area contributed by atoms with Crippen molar-refractivity contribution >= 4 is 0 Å². The molecule has 0 heterocycles. The highest BCUT2D eigenvalue weighted by molar-refractivity contribution is 5.13. The van der Waals surface area contributed by atoms with E-state index < -0.39 is 18.3 Å². The van der Waals surface area contributed by atoms with Crippen LogP contribution >= 0.6 is 0 Å². The summed E-state index contributed by atoms with van der Waals surface area (Å²) in [6.07, 6.45) is -0.692. The number of hydrogen-bond donors (Lipinski definition) is 2. The summed E-state index contributed by atoms with van der Waals surface area (Å²) < 4.78 is 10.5. The fraction of sp³-hybridized carbons (Fsp3) is 0.429. The molecule has 0 saturated heterocycles. The maximum Gasteiger partial charge on any atom is 0.112 e. The van der Waals surface area contributed by atoms with Gasteiger partial charge < -0.3 is 19.7 Å². The second-order valence-electron chi connectivity index (χ2n) is 3.94. The van der Waals surface area contributed by atoms with Gasteiger partial charge in [0.25, 0.3) is 0 Å². The Bertz CT molecular complexity index is 335. The van der Waals surface area contributed by atoms with Gasteiger partial charge in [0, 0.05) is 7.11 Å². The molecule has 18 heavy (non-hydrogen) atoms. The third-order valence-corrected chi connectivity index (χ3v) is 2.72. The quantitative estimate of drug-likeness (QED) is 0.681. The Labute approximate surface area is 107 Å². The van der Waals surface area contributed by atoms with E-state index in [2.05, 4.69) is 6.58 Å². The molecule has 0 aliphatic heterocycles. The van der Waals surface area contributed by atoms with Gasteiger partial charge in [0.05, 0.1) is 13.2 Å². The average molecular weight is 252 g/mol. The van der Waals surface area contributed by atoms with Gasteiger partial charge in [-0.1, -0.05) is 36.4 Å². The lowest BCUT2D eigenvalue weighted by molar-refractivity contribution is -0.102. The fourth-order valence-corrected chi connectivity index (χ4v) is 1.61. The van der Waals surface area contributed by atoms with Gasteiger partial charge in [-0.3, -0.25) is 0 Å². The molecule has 0 amide bonds. The second-order valence-corrected chi connectivity index (χ2v) is 3.94. The summed E-state index contributed by atoms with van der Waals surface area (Å²) >= 11 is 0. The van der Waals surface area contributed by atoms with Crippen molar-refractivity contribution in [2.75, 3.05) is 13.7 Å². The first-order valence-electron chi connectivity index (χ1n) is 5.82. The monoisotopic (exact) mass is 252 g/mol. The molecule has 0 bridgehead atoms. The van der Waals surface area contributed by atoms with E-state index >= 15 is 0 Å². The van der Waals surface area contributed by atoms with E-state index in [0.717, 1.165) is 5.56 Å². The Kier molecular flexibility index (Phi) is 6.60. The molecule has 0 aliphatic carbocycles. The zero-order valence-corrected chi connectivity index (χ0v) is 10.5. The number of benzene rings is 1. The average Bonchev–Trinajstić information content (AvgIpc) is 2.42. The second kappa shape index (κ2) is 8.00. The third-order valence-electron chi connectivity index (χ3n) is 2.72. The summed E-state index contributed by atoms with van der Waals surface area (Å²) in [5, 5.41) is 19.0. The van der Waals surface area contributed by atoms with Crippen molar-refractivity contribution in [1.82, 2.24) is 0 Å². The van der Waals surface area contributed by atoms with Crippen LogP contribution in [0, 0.1) is 0 Å². The van der Waals surface area contributed by atoms with Gasteiger partial charge in [-0.25, -0.2) is 0 Å². The predicted octanol–water partition coefficient (Wildman–Crippen LogP) is 1.13. The van der Waals surface area contributed by atoms with Crippen LogP contribution in [0.5, 0.6) is 0 Å². The first-order chi connectivity index (χ1) is 8.72. The summed E-state index contributed by atoms with van der Waals surface area (Å²) in [5.74, 6) is 0. The molecule has 0 aliphatic rings. The van der Waals surface area contributed by atoms with Crippen molar-refractivity contribution in [1.29, 1.82) is 0 Å². The van der Waals surface area contributed by atoms with Gasteiger partial charge in [0.2, 0.25) is 0 Å². The minimum absolute atomic E-state index is 0.267. The summed E-state index contributed by atoms with van der Waals surface area (Å²) in [5.41, 5.74) is 1.01. The molecule has 4 nitrogen and oxygen atoms in total. The van der Waals surface area contributed by atoms with E-state index in [4.69, 9.17) is 14.6 Å². The highest BCUT2D eigenvalue weighted by atomic mass is 16.5. The molecule has 3 atom stereocenters. The molecule has 0 spiro atoms. The molecule has 4 heteroatoms. The van der Waals surface area contributed by atoms with Crippen LogP contribution in [0.15, 0.2) is 43.0 Å². The maximum absolute atomic E-state index is 9.97. The van der Waals surface area contributed by atoms with Crippen molar-refractivity contribution < 1.29 is 19.7 Å². The first-order valence-corrected chi connectivity index (χ1v) is 5.82. The van der Waals surface area contributed by atoms with Crippen molar-refractivity contribution in [3.63, 3.8) is 0 Å². The molecule has 1 rings (SSSR count). The molecular weight excluding hydrogens is 232 g/mol. The fourth-order valence-electron chi connectivity index (χ4n) is 1.61. The van der Waals surface area contributed by atoms with E-state index in [1.807, 2.05) is 30.3 Å². The van der Waals surface area contributed by atoms with Crippen molar-refractivity contribution in [2.24, 2.45) is 0 Å². The Morgan fingerprint density at radius 3 is 2.50 bits per heavy atom. The molecule has 0 aromatic heterocycles. The van der Waals surface area contributed by atoms with E-state index in [9.17, 15) is 5.11 Å². The van der Waals surface area contributed by atoms with Crippen LogP contribution < -0.4 is 0 Å². The van der Waals surface area contributed by atoms with Crippen LogP contribution in [0.4, 0.5) is 0 Å². The number of hydrogen-bond acceptors (Lipinski definition) is 4. The minimum Gasteiger partial charge on any atom is -0.394 e. The third kappa shape index (κ3) is 4.23. The summed E-state index contributed by atoms with van der Waals surface area (Å²) in [6, 6.07) is 9.64. The van der Waals surface area contributed by atoms with E-state index in [0.29, 0.717) is 6.61 Å². The summed E-state index contributed by atoms with van der Waals surface area (Å²) in [4.78, 5) is 0. The molecule has 0 radical (unpaired) electrons. The molecule has 1 aromatic rings. The zero-order chi connectivity index (χ0) is 13.4. The molecular formula is C14H20O4. The number of aliphatic hydroxyl groups excluding tert-OH is 2. The van der Waals surface area contributed by atoms with Crippen LogP contribution in [0.2, 0.25) is 0 Å². The normalized spacial score (nSPS) is 15.9. The Morgan fingerprint density at radius 2 is 2.00 bits per heavy atom. The van der Waals surface area contributed by atoms with Crippen molar-refractivity contribution in [3.05, 3.63) is 48.6 Å². The SMILES string of the molecule is C=C[C@H](OCc1ccccc1)[C@@H](O)[C@@H](CO)OC.